The maximum Gasteiger partial charge on any atom is 0.472 e. The van der Waals surface area contributed by atoms with Crippen LogP contribution >= 0.6 is 15.6 Å². The monoisotopic (exact) mass is 1570 g/mol. The summed E-state index contributed by atoms with van der Waals surface area (Å²) in [6.45, 7) is 12.0. The number of aliphatic hydroxyl groups is 1. The first kappa shape index (κ1) is 106. The van der Waals surface area contributed by atoms with Crippen LogP contribution in [-0.2, 0) is 65.4 Å². The van der Waals surface area contributed by atoms with Crippen LogP contribution in [0.25, 0.3) is 0 Å². The van der Waals surface area contributed by atoms with Gasteiger partial charge in [0.05, 0.1) is 26.4 Å². The number of unbranched alkanes of at least 4 members (excludes halogenated alkanes) is 48. The summed E-state index contributed by atoms with van der Waals surface area (Å²) in [4.78, 5) is 73.3. The Bertz CT molecular complexity index is 2180. The highest BCUT2D eigenvalue weighted by atomic mass is 31.2. The van der Waals surface area contributed by atoms with Crippen molar-refractivity contribution in [1.29, 1.82) is 0 Å². The number of aliphatic hydroxyl groups excluding tert-OH is 1. The van der Waals surface area contributed by atoms with Gasteiger partial charge in [-0.05, 0) is 69.1 Å². The summed E-state index contributed by atoms with van der Waals surface area (Å²) in [6, 6.07) is 0. The van der Waals surface area contributed by atoms with Gasteiger partial charge in [0.2, 0.25) is 0 Å². The van der Waals surface area contributed by atoms with Crippen LogP contribution in [0, 0.1) is 17.8 Å². The standard InChI is InChI=1S/C89H170O17P2/c1-8-11-12-13-14-15-16-17-26-33-38-43-48-56-63-70-86(91)99-76-84(105-88(93)72-65-58-50-45-40-35-30-25-21-19-23-28-32-37-42-47-54-61-68-81(6)9-2)78-103-107(95,96)101-74-83(90)75-102-108(97,98)104-79-85(77-100-87(92)71-64-57-52-51-55-62-69-82(7)10-3)106-89(94)73-66-59-49-44-39-34-29-24-20-18-22-27-31-36-41-46-53-60-67-80(4)5/h15-17,26,80-85,90H,8-14,18-25,27-79H2,1-7H3,(H,95,96)(H,97,98)/b16-15-,26-17-/t81?,82?,83-,84-,85-/m1/s1. The number of carbonyl (C=O) groups is 4. The van der Waals surface area contributed by atoms with Gasteiger partial charge in [0.25, 0.3) is 0 Å². The molecule has 0 heterocycles. The molecular formula is C89H170O17P2. The molecule has 0 saturated heterocycles. The van der Waals surface area contributed by atoms with E-state index in [0.29, 0.717) is 25.7 Å². The van der Waals surface area contributed by atoms with E-state index < -0.39 is 97.5 Å². The van der Waals surface area contributed by atoms with Crippen molar-refractivity contribution in [1.82, 2.24) is 0 Å². The summed E-state index contributed by atoms with van der Waals surface area (Å²) in [7, 11) is -9.94. The lowest BCUT2D eigenvalue weighted by molar-refractivity contribution is -0.161. The van der Waals surface area contributed by atoms with Gasteiger partial charge in [-0.15, -0.1) is 0 Å². The summed E-state index contributed by atoms with van der Waals surface area (Å²) in [5, 5.41) is 10.7. The van der Waals surface area contributed by atoms with Gasteiger partial charge >= 0.3 is 39.5 Å². The van der Waals surface area contributed by atoms with Crippen molar-refractivity contribution in [2.45, 2.75) is 465 Å². The van der Waals surface area contributed by atoms with E-state index >= 15 is 0 Å². The van der Waals surface area contributed by atoms with Crippen LogP contribution in [0.4, 0.5) is 0 Å². The van der Waals surface area contributed by atoms with Crippen LogP contribution in [0.5, 0.6) is 0 Å². The molecule has 0 rings (SSSR count). The van der Waals surface area contributed by atoms with Crippen molar-refractivity contribution in [3.8, 4) is 0 Å². The largest absolute Gasteiger partial charge is 0.472 e. The van der Waals surface area contributed by atoms with Gasteiger partial charge in [-0.2, -0.15) is 0 Å². The Labute approximate surface area is 663 Å². The lowest BCUT2D eigenvalue weighted by atomic mass is 9.99. The van der Waals surface area contributed by atoms with Crippen LogP contribution in [0.1, 0.15) is 447 Å². The summed E-state index contributed by atoms with van der Waals surface area (Å²) in [5.41, 5.74) is 0. The normalized spacial score (nSPS) is 14.5. The smallest absolute Gasteiger partial charge is 0.462 e. The van der Waals surface area contributed by atoms with Crippen molar-refractivity contribution in [2.75, 3.05) is 39.6 Å². The molecule has 4 unspecified atom stereocenters. The van der Waals surface area contributed by atoms with E-state index in [9.17, 15) is 43.2 Å². The number of rotatable bonds is 85. The fourth-order valence-corrected chi connectivity index (χ4v) is 14.9. The molecule has 0 bridgehead atoms. The molecule has 0 aromatic heterocycles. The molecule has 0 aliphatic heterocycles. The predicted molar refractivity (Wildman–Crippen MR) is 446 cm³/mol. The minimum Gasteiger partial charge on any atom is -0.462 e. The van der Waals surface area contributed by atoms with Crippen LogP contribution in [0.15, 0.2) is 24.3 Å². The third kappa shape index (κ3) is 78.8. The minimum atomic E-state index is -4.97. The predicted octanol–water partition coefficient (Wildman–Crippen LogP) is 26.8. The molecule has 19 heteroatoms. The van der Waals surface area contributed by atoms with Gasteiger partial charge in [-0.3, -0.25) is 37.3 Å². The summed E-state index contributed by atoms with van der Waals surface area (Å²) < 4.78 is 68.9. The molecule has 7 atom stereocenters. The molecule has 108 heavy (non-hydrogen) atoms. The molecule has 0 aliphatic rings. The molecule has 638 valence electrons. The Balaban J connectivity index is 5.23. The molecule has 0 aromatic carbocycles. The maximum atomic E-state index is 13.1. The summed E-state index contributed by atoms with van der Waals surface area (Å²) in [6.07, 6.45) is 73.1. The first-order valence-electron chi connectivity index (χ1n) is 45.2. The molecule has 0 saturated carbocycles. The van der Waals surface area contributed by atoms with E-state index in [0.717, 1.165) is 133 Å². The topological polar surface area (TPSA) is 237 Å². The van der Waals surface area contributed by atoms with Gasteiger partial charge in [0.15, 0.2) is 12.2 Å². The van der Waals surface area contributed by atoms with Crippen LogP contribution in [0.2, 0.25) is 0 Å². The third-order valence-electron chi connectivity index (χ3n) is 21.0. The Morgan fingerprint density at radius 1 is 0.306 bits per heavy atom. The van der Waals surface area contributed by atoms with Crippen molar-refractivity contribution in [3.05, 3.63) is 24.3 Å². The number of hydrogen-bond acceptors (Lipinski definition) is 15. The zero-order valence-corrected chi connectivity index (χ0v) is 72.6. The number of carbonyl (C=O) groups excluding carboxylic acids is 4. The summed E-state index contributed by atoms with van der Waals surface area (Å²) in [5.74, 6) is 0.284. The molecule has 0 spiro atoms. The van der Waals surface area contributed by atoms with E-state index in [1.54, 1.807) is 0 Å². The van der Waals surface area contributed by atoms with Crippen molar-refractivity contribution >= 4 is 39.5 Å². The fraction of sp³-hybridized carbons (Fsp3) is 0.910. The second-order valence-electron chi connectivity index (χ2n) is 32.3. The lowest BCUT2D eigenvalue weighted by Gasteiger charge is -2.21. The molecule has 0 radical (unpaired) electrons. The average molecular weight is 1570 g/mol. The highest BCUT2D eigenvalue weighted by Crippen LogP contribution is 2.45. The zero-order valence-electron chi connectivity index (χ0n) is 70.8. The van der Waals surface area contributed by atoms with Gasteiger partial charge < -0.3 is 33.8 Å². The number of ether oxygens (including phenoxy) is 4. The third-order valence-corrected chi connectivity index (χ3v) is 22.9. The Morgan fingerprint density at radius 3 is 0.824 bits per heavy atom. The van der Waals surface area contributed by atoms with Gasteiger partial charge in [0, 0.05) is 25.7 Å². The molecular weight excluding hydrogens is 1400 g/mol. The van der Waals surface area contributed by atoms with E-state index in [-0.39, 0.29) is 25.7 Å². The van der Waals surface area contributed by atoms with Crippen molar-refractivity contribution < 1.29 is 80.2 Å². The Kier molecular flexibility index (Phi) is 76.6. The van der Waals surface area contributed by atoms with Crippen molar-refractivity contribution in [2.24, 2.45) is 17.8 Å². The van der Waals surface area contributed by atoms with E-state index in [2.05, 4.69) is 72.8 Å². The molecule has 3 N–H and O–H groups in total. The van der Waals surface area contributed by atoms with Gasteiger partial charge in [-0.1, -0.05) is 394 Å². The lowest BCUT2D eigenvalue weighted by Crippen LogP contribution is -2.30. The number of hydrogen-bond donors (Lipinski definition) is 3. The van der Waals surface area contributed by atoms with Crippen LogP contribution < -0.4 is 0 Å². The molecule has 17 nitrogen and oxygen atoms in total. The summed E-state index contributed by atoms with van der Waals surface area (Å²) >= 11 is 0. The van der Waals surface area contributed by atoms with E-state index in [1.165, 1.54) is 231 Å². The highest BCUT2D eigenvalue weighted by molar-refractivity contribution is 7.47. The number of esters is 4. The molecule has 0 amide bonds. The van der Waals surface area contributed by atoms with Gasteiger partial charge in [-0.25, -0.2) is 9.13 Å². The Hall–Kier alpha value is -2.46. The highest BCUT2D eigenvalue weighted by Gasteiger charge is 2.31. The molecule has 0 fully saturated rings. The van der Waals surface area contributed by atoms with Crippen molar-refractivity contribution in [3.63, 3.8) is 0 Å². The fourth-order valence-electron chi connectivity index (χ4n) is 13.3. The first-order valence-corrected chi connectivity index (χ1v) is 48.2. The molecule has 0 aromatic rings. The van der Waals surface area contributed by atoms with E-state index in [1.807, 2.05) is 0 Å². The number of phosphoric ester groups is 2. The number of allylic oxidation sites excluding steroid dienone is 4. The quantitative estimate of drug-likeness (QED) is 0.0169. The second kappa shape index (κ2) is 78.4. The average Bonchev–Trinajstić information content (AvgIpc) is 0.901. The maximum absolute atomic E-state index is 13.1. The van der Waals surface area contributed by atoms with E-state index in [4.69, 9.17) is 37.0 Å². The zero-order chi connectivity index (χ0) is 79.3. The first-order chi connectivity index (χ1) is 52.3. The number of phosphoric acid groups is 2. The SMILES string of the molecule is CCCCCC/C=C\C=C/CCCCCCCC(=O)OC[C@H](COP(=O)(O)OC[C@@H](O)COP(=O)(O)OC[C@@H](COC(=O)CCCCCCCCC(C)CC)OC(=O)CCCCCCCCCCCCCCCCCCCCC(C)C)OC(=O)CCCCCCCCCCCCCCCCCCCCC(C)CC. The second-order valence-corrected chi connectivity index (χ2v) is 35.2. The minimum absolute atomic E-state index is 0.101. The van der Waals surface area contributed by atoms with Crippen LogP contribution in [-0.4, -0.2) is 96.7 Å². The van der Waals surface area contributed by atoms with Gasteiger partial charge in [0.1, 0.15) is 19.3 Å². The van der Waals surface area contributed by atoms with Crippen LogP contribution in [0.3, 0.4) is 0 Å². The molecule has 0 aliphatic carbocycles. The Morgan fingerprint density at radius 2 is 0.546 bits per heavy atom.